The van der Waals surface area contributed by atoms with Crippen molar-refractivity contribution in [3.63, 3.8) is 0 Å². The van der Waals surface area contributed by atoms with Gasteiger partial charge in [0.25, 0.3) is 5.91 Å². The molecule has 3 heterocycles. The first-order chi connectivity index (χ1) is 23.8. The summed E-state index contributed by atoms with van der Waals surface area (Å²) >= 11 is 0. The van der Waals surface area contributed by atoms with Gasteiger partial charge >= 0.3 is 0 Å². The van der Waals surface area contributed by atoms with Crippen molar-refractivity contribution in [2.24, 2.45) is 0 Å². The van der Waals surface area contributed by atoms with Gasteiger partial charge in [0, 0.05) is 57.3 Å². The standard InChI is InChI=1S/C40H39FN4O4/c41-34-21-25(20-29-24-45(40(49)38(29)34)35-14-15-36(47)42-39(35)48)23-43-16-18-44(19-17-43)30-9-6-27(7-10-30)37-32(26-4-2-1-3-5-26)12-8-28-22-31(46)11-13-33(28)37/h1-7,9-11,13,20-22,32,35,37,46H,8,12,14-19,23-24H2,(H,42,47,48)/t32-,35?,37+/m0/s1. The van der Waals surface area contributed by atoms with Crippen LogP contribution in [0.3, 0.4) is 0 Å². The van der Waals surface area contributed by atoms with Crippen LogP contribution in [0.4, 0.5) is 10.1 Å². The van der Waals surface area contributed by atoms with Crippen LogP contribution in [0.25, 0.3) is 0 Å². The zero-order valence-electron chi connectivity index (χ0n) is 27.3. The van der Waals surface area contributed by atoms with Gasteiger partial charge in [0.05, 0.1) is 5.56 Å². The van der Waals surface area contributed by atoms with Gasteiger partial charge < -0.3 is 14.9 Å². The van der Waals surface area contributed by atoms with Crippen molar-refractivity contribution in [2.75, 3.05) is 31.1 Å². The average molecular weight is 659 g/mol. The Labute approximate surface area is 285 Å². The molecule has 2 fully saturated rings. The molecular formula is C40H39FN4O4. The molecule has 8 nitrogen and oxygen atoms in total. The van der Waals surface area contributed by atoms with Gasteiger partial charge in [-0.1, -0.05) is 54.6 Å². The van der Waals surface area contributed by atoms with E-state index in [1.165, 1.54) is 38.9 Å². The van der Waals surface area contributed by atoms with Gasteiger partial charge in [-0.2, -0.15) is 0 Å². The summed E-state index contributed by atoms with van der Waals surface area (Å²) in [4.78, 5) is 43.2. The van der Waals surface area contributed by atoms with Crippen LogP contribution >= 0.6 is 0 Å². The number of piperidine rings is 1. The second-order valence-corrected chi connectivity index (χ2v) is 13.8. The number of amides is 3. The van der Waals surface area contributed by atoms with Gasteiger partial charge in [0.15, 0.2) is 0 Å². The molecule has 1 unspecified atom stereocenters. The van der Waals surface area contributed by atoms with Gasteiger partial charge in [-0.3, -0.25) is 24.6 Å². The molecule has 0 radical (unpaired) electrons. The lowest BCUT2D eigenvalue weighted by Gasteiger charge is -2.37. The van der Waals surface area contributed by atoms with Crippen LogP contribution in [-0.4, -0.2) is 64.8 Å². The highest BCUT2D eigenvalue weighted by Gasteiger charge is 2.41. The molecule has 4 aliphatic rings. The number of hydrogen-bond donors (Lipinski definition) is 2. The molecule has 2 saturated heterocycles. The Morgan fingerprint density at radius 2 is 1.57 bits per heavy atom. The summed E-state index contributed by atoms with van der Waals surface area (Å²) < 4.78 is 15.3. The molecule has 250 valence electrons. The number of hydrogen-bond acceptors (Lipinski definition) is 6. The van der Waals surface area contributed by atoms with Gasteiger partial charge in [0.1, 0.15) is 17.6 Å². The Morgan fingerprint density at radius 3 is 2.33 bits per heavy atom. The highest BCUT2D eigenvalue weighted by atomic mass is 19.1. The Kier molecular flexibility index (Phi) is 8.15. The zero-order chi connectivity index (χ0) is 33.6. The summed E-state index contributed by atoms with van der Waals surface area (Å²) in [6.07, 6.45) is 2.38. The van der Waals surface area contributed by atoms with Crippen molar-refractivity contribution in [1.29, 1.82) is 0 Å². The molecule has 0 aromatic heterocycles. The van der Waals surface area contributed by atoms with Crippen LogP contribution in [0, 0.1) is 5.82 Å². The number of anilines is 1. The fourth-order valence-electron chi connectivity index (χ4n) is 8.40. The molecule has 49 heavy (non-hydrogen) atoms. The summed E-state index contributed by atoms with van der Waals surface area (Å²) in [5, 5.41) is 12.5. The zero-order valence-corrected chi connectivity index (χ0v) is 27.3. The minimum atomic E-state index is -0.763. The number of carbonyl (C=O) groups excluding carboxylic acids is 3. The summed E-state index contributed by atoms with van der Waals surface area (Å²) in [5.74, 6) is -1.01. The monoisotopic (exact) mass is 658 g/mol. The number of fused-ring (bicyclic) bond motifs is 2. The molecule has 4 aromatic carbocycles. The molecule has 0 saturated carbocycles. The maximum absolute atomic E-state index is 15.3. The summed E-state index contributed by atoms with van der Waals surface area (Å²) in [6.45, 7) is 4.05. The molecule has 9 heteroatoms. The van der Waals surface area contributed by atoms with E-state index in [4.69, 9.17) is 0 Å². The Morgan fingerprint density at radius 1 is 0.796 bits per heavy atom. The van der Waals surface area contributed by atoms with E-state index in [9.17, 15) is 19.5 Å². The van der Waals surface area contributed by atoms with Crippen molar-refractivity contribution < 1.29 is 23.9 Å². The maximum Gasteiger partial charge on any atom is 0.258 e. The Hall–Kier alpha value is -5.02. The molecule has 0 bridgehead atoms. The maximum atomic E-state index is 15.3. The van der Waals surface area contributed by atoms with Crippen LogP contribution in [0.5, 0.6) is 5.75 Å². The molecule has 1 aliphatic carbocycles. The first kappa shape index (κ1) is 31.3. The third-order valence-electron chi connectivity index (χ3n) is 10.8. The number of nitrogens with one attached hydrogen (secondary N) is 1. The predicted octanol–water partition coefficient (Wildman–Crippen LogP) is 5.48. The van der Waals surface area contributed by atoms with E-state index in [1.807, 2.05) is 12.1 Å². The van der Waals surface area contributed by atoms with E-state index in [0.717, 1.165) is 44.6 Å². The fourth-order valence-corrected chi connectivity index (χ4v) is 8.40. The highest BCUT2D eigenvalue weighted by molar-refractivity contribution is 6.05. The number of phenolic OH excluding ortho intramolecular Hbond substituents is 1. The first-order valence-corrected chi connectivity index (χ1v) is 17.2. The van der Waals surface area contributed by atoms with Crippen molar-refractivity contribution in [3.8, 4) is 5.75 Å². The van der Waals surface area contributed by atoms with Crippen molar-refractivity contribution in [2.45, 2.75) is 56.7 Å². The lowest BCUT2D eigenvalue weighted by molar-refractivity contribution is -0.136. The number of aromatic hydroxyl groups is 1. The Balaban J connectivity index is 0.932. The van der Waals surface area contributed by atoms with E-state index in [0.29, 0.717) is 23.8 Å². The average Bonchev–Trinajstić information content (AvgIpc) is 3.44. The number of rotatable bonds is 6. The number of carbonyl (C=O) groups is 3. The summed E-state index contributed by atoms with van der Waals surface area (Å²) in [7, 11) is 0. The van der Waals surface area contributed by atoms with Crippen LogP contribution in [0.15, 0.2) is 84.9 Å². The van der Waals surface area contributed by atoms with E-state index in [2.05, 4.69) is 75.8 Å². The molecule has 8 rings (SSSR count). The second-order valence-electron chi connectivity index (χ2n) is 13.8. The van der Waals surface area contributed by atoms with Crippen molar-refractivity contribution in [1.82, 2.24) is 15.1 Å². The molecule has 3 amide bonds. The van der Waals surface area contributed by atoms with Gasteiger partial charge in [0.2, 0.25) is 11.8 Å². The number of halogens is 1. The molecular weight excluding hydrogens is 619 g/mol. The lowest BCUT2D eigenvalue weighted by atomic mass is 9.69. The van der Waals surface area contributed by atoms with Gasteiger partial charge in [-0.15, -0.1) is 0 Å². The number of nitrogens with zero attached hydrogens (tertiary/aromatic N) is 3. The van der Waals surface area contributed by atoms with E-state index >= 15 is 4.39 Å². The van der Waals surface area contributed by atoms with Crippen LogP contribution in [-0.2, 0) is 29.1 Å². The molecule has 3 atom stereocenters. The topological polar surface area (TPSA) is 93.2 Å². The summed E-state index contributed by atoms with van der Waals surface area (Å²) in [6, 6.07) is 28.1. The van der Waals surface area contributed by atoms with E-state index in [1.54, 1.807) is 6.07 Å². The number of imide groups is 1. The molecule has 0 spiro atoms. The normalized spacial score (nSPS) is 22.6. The first-order valence-electron chi connectivity index (χ1n) is 17.2. The quantitative estimate of drug-likeness (QED) is 0.267. The number of benzene rings is 4. The highest BCUT2D eigenvalue weighted by Crippen LogP contribution is 2.47. The minimum Gasteiger partial charge on any atom is -0.508 e. The largest absolute Gasteiger partial charge is 0.508 e. The van der Waals surface area contributed by atoms with Crippen LogP contribution in [0.2, 0.25) is 0 Å². The van der Waals surface area contributed by atoms with Gasteiger partial charge in [-0.25, -0.2) is 4.39 Å². The second kappa shape index (κ2) is 12.8. The van der Waals surface area contributed by atoms with Crippen LogP contribution in [0.1, 0.15) is 74.8 Å². The summed E-state index contributed by atoms with van der Waals surface area (Å²) in [5.41, 5.74) is 7.73. The number of piperazine rings is 1. The molecule has 3 aliphatic heterocycles. The SMILES string of the molecule is O=C1CCC(N2Cc3cc(CN4CCN(c5ccc([C@H]6c7ccc(O)cc7CC[C@H]6c6ccccc6)cc5)CC4)cc(F)c3C2=O)C(=O)N1. The van der Waals surface area contributed by atoms with Gasteiger partial charge in [-0.05, 0) is 88.9 Å². The van der Waals surface area contributed by atoms with Crippen molar-refractivity contribution >= 4 is 23.4 Å². The third-order valence-corrected chi connectivity index (χ3v) is 10.8. The Bertz CT molecular complexity index is 1920. The number of aryl methyl sites for hydroxylation is 1. The molecule has 2 N–H and O–H groups in total. The fraction of sp³-hybridized carbons (Fsp3) is 0.325. The van der Waals surface area contributed by atoms with E-state index < -0.39 is 23.7 Å². The smallest absolute Gasteiger partial charge is 0.258 e. The lowest BCUT2D eigenvalue weighted by Crippen LogP contribution is -2.52. The predicted molar refractivity (Wildman–Crippen MR) is 184 cm³/mol. The minimum absolute atomic E-state index is 0.0340. The number of phenols is 1. The van der Waals surface area contributed by atoms with Crippen LogP contribution < -0.4 is 10.2 Å². The van der Waals surface area contributed by atoms with E-state index in [-0.39, 0.29) is 36.8 Å². The third kappa shape index (κ3) is 5.97. The van der Waals surface area contributed by atoms with Crippen molar-refractivity contribution in [3.05, 3.63) is 130 Å². The molecule has 4 aromatic rings.